The highest BCUT2D eigenvalue weighted by molar-refractivity contribution is 5.78. The van der Waals surface area contributed by atoms with Crippen LogP contribution in [0.25, 0.3) is 0 Å². The Kier molecular flexibility index (Phi) is 3.89. The molecule has 1 heterocycles. The predicted molar refractivity (Wildman–Crippen MR) is 88.3 cm³/mol. The molecule has 0 aromatic carbocycles. The van der Waals surface area contributed by atoms with Crippen LogP contribution in [-0.2, 0) is 0 Å². The minimum absolute atomic E-state index is 0.0556. The first-order valence-corrected chi connectivity index (χ1v) is 7.52. The van der Waals surface area contributed by atoms with E-state index in [2.05, 4.69) is 21.9 Å². The number of rotatable bonds is 6. The van der Waals surface area contributed by atoms with Crippen LogP contribution in [0, 0.1) is 5.92 Å². The number of anilines is 4. The molecule has 3 rings (SSSR count). The topological polar surface area (TPSA) is 113 Å². The third-order valence-electron chi connectivity index (χ3n) is 4.04. The van der Waals surface area contributed by atoms with Gasteiger partial charge in [0.15, 0.2) is 11.6 Å². The van der Waals surface area contributed by atoms with Gasteiger partial charge in [-0.25, -0.2) is 0 Å². The standard InChI is InChI=1S/C15H22N6O/c1-2-21(11-6-3-9(7-11)8-22)14-12(16)13(18-10-4-5-10)19-15(17)20-14/h2-3,6,9-11,22H,1,4-5,7-8,16H2,(H3,17,18,19,20)/t9-,11+/m1/s1. The maximum absolute atomic E-state index is 9.28. The van der Waals surface area contributed by atoms with E-state index in [0.717, 1.165) is 19.3 Å². The monoisotopic (exact) mass is 302 g/mol. The van der Waals surface area contributed by atoms with Gasteiger partial charge in [-0.2, -0.15) is 9.97 Å². The fraction of sp³-hybridized carbons (Fsp3) is 0.467. The first-order chi connectivity index (χ1) is 10.6. The lowest BCUT2D eigenvalue weighted by Gasteiger charge is -2.27. The second-order valence-electron chi connectivity index (χ2n) is 5.81. The van der Waals surface area contributed by atoms with E-state index in [0.29, 0.717) is 23.4 Å². The maximum atomic E-state index is 9.28. The van der Waals surface area contributed by atoms with Gasteiger partial charge >= 0.3 is 0 Å². The zero-order chi connectivity index (χ0) is 15.7. The quantitative estimate of drug-likeness (QED) is 0.582. The molecule has 1 saturated carbocycles. The Labute approximate surface area is 129 Å². The summed E-state index contributed by atoms with van der Waals surface area (Å²) in [5.74, 6) is 1.47. The van der Waals surface area contributed by atoms with Gasteiger partial charge in [0.2, 0.25) is 5.95 Å². The van der Waals surface area contributed by atoms with Gasteiger partial charge in [0.25, 0.3) is 0 Å². The van der Waals surface area contributed by atoms with E-state index >= 15 is 0 Å². The lowest BCUT2D eigenvalue weighted by Crippen LogP contribution is -2.30. The van der Waals surface area contributed by atoms with Gasteiger partial charge in [0.05, 0.1) is 6.04 Å². The van der Waals surface area contributed by atoms with Crippen molar-refractivity contribution in [2.24, 2.45) is 5.92 Å². The van der Waals surface area contributed by atoms with E-state index < -0.39 is 0 Å². The van der Waals surface area contributed by atoms with Crippen molar-refractivity contribution >= 4 is 23.3 Å². The van der Waals surface area contributed by atoms with Crippen molar-refractivity contribution in [2.75, 3.05) is 28.3 Å². The number of aromatic nitrogens is 2. The average molecular weight is 302 g/mol. The van der Waals surface area contributed by atoms with Crippen LogP contribution in [0.4, 0.5) is 23.3 Å². The van der Waals surface area contributed by atoms with Gasteiger partial charge in [-0.3, -0.25) is 0 Å². The number of aliphatic hydroxyl groups is 1. The van der Waals surface area contributed by atoms with Crippen LogP contribution in [0.5, 0.6) is 0 Å². The van der Waals surface area contributed by atoms with Gasteiger partial charge in [-0.05, 0) is 25.5 Å². The molecular formula is C15H22N6O. The van der Waals surface area contributed by atoms with Crippen molar-refractivity contribution in [3.05, 3.63) is 24.9 Å². The molecule has 0 aliphatic heterocycles. The van der Waals surface area contributed by atoms with Crippen LogP contribution in [0.3, 0.4) is 0 Å². The largest absolute Gasteiger partial charge is 0.396 e. The molecule has 0 amide bonds. The van der Waals surface area contributed by atoms with Crippen LogP contribution < -0.4 is 21.7 Å². The molecule has 0 unspecified atom stereocenters. The van der Waals surface area contributed by atoms with Crippen LogP contribution in [0.15, 0.2) is 24.9 Å². The summed E-state index contributed by atoms with van der Waals surface area (Å²) in [6.07, 6.45) is 8.76. The van der Waals surface area contributed by atoms with Gasteiger partial charge in [-0.15, -0.1) is 0 Å². The highest BCUT2D eigenvalue weighted by atomic mass is 16.3. The van der Waals surface area contributed by atoms with Crippen LogP contribution >= 0.6 is 0 Å². The molecule has 7 nitrogen and oxygen atoms in total. The van der Waals surface area contributed by atoms with E-state index in [4.69, 9.17) is 11.5 Å². The van der Waals surface area contributed by atoms with Crippen molar-refractivity contribution in [1.82, 2.24) is 9.97 Å². The third-order valence-corrected chi connectivity index (χ3v) is 4.04. The van der Waals surface area contributed by atoms with E-state index in [-0.39, 0.29) is 24.5 Å². The summed E-state index contributed by atoms with van der Waals surface area (Å²) >= 11 is 0. The Morgan fingerprint density at radius 2 is 2.14 bits per heavy atom. The fourth-order valence-corrected chi connectivity index (χ4v) is 2.68. The van der Waals surface area contributed by atoms with Gasteiger partial charge in [0.1, 0.15) is 5.69 Å². The molecule has 0 bridgehead atoms. The molecule has 0 radical (unpaired) electrons. The number of nitrogen functional groups attached to an aromatic ring is 2. The molecule has 1 aromatic rings. The van der Waals surface area contributed by atoms with E-state index in [1.165, 1.54) is 0 Å². The predicted octanol–water partition coefficient (Wildman–Crippen LogP) is 1.10. The van der Waals surface area contributed by atoms with Gasteiger partial charge in [-0.1, -0.05) is 18.7 Å². The summed E-state index contributed by atoms with van der Waals surface area (Å²) in [7, 11) is 0. The van der Waals surface area contributed by atoms with Gasteiger partial charge in [0, 0.05) is 18.6 Å². The zero-order valence-corrected chi connectivity index (χ0v) is 12.4. The normalized spacial score (nSPS) is 23.5. The van der Waals surface area contributed by atoms with Crippen LogP contribution in [0.2, 0.25) is 0 Å². The summed E-state index contributed by atoms with van der Waals surface area (Å²) in [4.78, 5) is 10.4. The molecule has 2 atom stereocenters. The SMILES string of the molecule is C=CN(c1nc(N)nc(NC2CC2)c1N)[C@H]1C=C[C@@H](CO)C1. The summed E-state index contributed by atoms with van der Waals surface area (Å²) in [6.45, 7) is 3.99. The first kappa shape index (κ1) is 14.6. The number of hydrogen-bond acceptors (Lipinski definition) is 7. The first-order valence-electron chi connectivity index (χ1n) is 7.52. The molecule has 118 valence electrons. The highest BCUT2D eigenvalue weighted by Gasteiger charge is 2.28. The second kappa shape index (κ2) is 5.84. The highest BCUT2D eigenvalue weighted by Crippen LogP contribution is 2.35. The summed E-state index contributed by atoms with van der Waals surface area (Å²) in [5, 5.41) is 12.6. The Hall–Kier alpha value is -2.28. The lowest BCUT2D eigenvalue weighted by atomic mass is 10.1. The fourth-order valence-electron chi connectivity index (χ4n) is 2.68. The molecule has 2 aliphatic rings. The molecule has 1 aromatic heterocycles. The minimum Gasteiger partial charge on any atom is -0.396 e. The van der Waals surface area contributed by atoms with Crippen molar-refractivity contribution < 1.29 is 5.11 Å². The third kappa shape index (κ3) is 2.85. The molecule has 0 spiro atoms. The number of nitrogens with one attached hydrogen (secondary N) is 1. The molecule has 1 fully saturated rings. The molecule has 2 aliphatic carbocycles. The number of nitrogens with zero attached hydrogens (tertiary/aromatic N) is 3. The molecule has 22 heavy (non-hydrogen) atoms. The Balaban J connectivity index is 1.89. The molecule has 0 saturated heterocycles. The second-order valence-corrected chi connectivity index (χ2v) is 5.81. The number of hydrogen-bond donors (Lipinski definition) is 4. The summed E-state index contributed by atoms with van der Waals surface area (Å²) < 4.78 is 0. The molecule has 6 N–H and O–H groups in total. The van der Waals surface area contributed by atoms with Crippen LogP contribution in [0.1, 0.15) is 19.3 Å². The Morgan fingerprint density at radius 1 is 1.36 bits per heavy atom. The average Bonchev–Trinajstić information content (AvgIpc) is 3.19. The Morgan fingerprint density at radius 3 is 2.73 bits per heavy atom. The number of nitrogens with two attached hydrogens (primary N) is 2. The lowest BCUT2D eigenvalue weighted by molar-refractivity contribution is 0.249. The van der Waals surface area contributed by atoms with E-state index in [1.54, 1.807) is 6.20 Å². The van der Waals surface area contributed by atoms with Crippen molar-refractivity contribution in [3.8, 4) is 0 Å². The summed E-state index contributed by atoms with van der Waals surface area (Å²) in [5.41, 5.74) is 12.5. The Bertz CT molecular complexity index is 598. The van der Waals surface area contributed by atoms with Gasteiger partial charge < -0.3 is 26.8 Å². The summed E-state index contributed by atoms with van der Waals surface area (Å²) in [6, 6.07) is 0.479. The van der Waals surface area contributed by atoms with Crippen molar-refractivity contribution in [3.63, 3.8) is 0 Å². The maximum Gasteiger partial charge on any atom is 0.224 e. The van der Waals surface area contributed by atoms with Crippen LogP contribution in [-0.4, -0.2) is 33.8 Å². The van der Waals surface area contributed by atoms with E-state index in [1.807, 2.05) is 17.1 Å². The smallest absolute Gasteiger partial charge is 0.224 e. The minimum atomic E-state index is 0.0556. The van der Waals surface area contributed by atoms with Crippen molar-refractivity contribution in [2.45, 2.75) is 31.3 Å². The number of aliphatic hydroxyl groups excluding tert-OH is 1. The van der Waals surface area contributed by atoms with Crippen molar-refractivity contribution in [1.29, 1.82) is 0 Å². The van der Waals surface area contributed by atoms with E-state index in [9.17, 15) is 5.11 Å². The molecular weight excluding hydrogens is 280 g/mol. The zero-order valence-electron chi connectivity index (χ0n) is 12.4. The molecule has 7 heteroatoms.